The van der Waals surface area contributed by atoms with Crippen molar-refractivity contribution in [1.82, 2.24) is 9.13 Å². The Labute approximate surface area is 407 Å². The molecule has 70 heavy (non-hydrogen) atoms. The van der Waals surface area contributed by atoms with Gasteiger partial charge in [0.05, 0.1) is 27.8 Å². The van der Waals surface area contributed by atoms with Crippen molar-refractivity contribution in [3.63, 3.8) is 0 Å². The van der Waals surface area contributed by atoms with Gasteiger partial charge in [0.25, 0.3) is 6.71 Å². The maximum atomic E-state index is 2.66. The molecule has 4 heterocycles. The van der Waals surface area contributed by atoms with Crippen LogP contribution in [0.3, 0.4) is 0 Å². The lowest BCUT2D eigenvalue weighted by molar-refractivity contribution is 0.590. The highest BCUT2D eigenvalue weighted by Crippen LogP contribution is 2.48. The lowest BCUT2D eigenvalue weighted by Crippen LogP contribution is -2.59. The number of nitrogens with zero attached hydrogens (tertiary/aromatic N) is 3. The zero-order valence-electron chi connectivity index (χ0n) is 40.4. The average molecular weight is 896 g/mol. The van der Waals surface area contributed by atoms with Crippen LogP contribution in [0.2, 0.25) is 0 Å². The highest BCUT2D eigenvalue weighted by atomic mass is 15.2. The molecule has 13 aromatic rings. The summed E-state index contributed by atoms with van der Waals surface area (Å²) in [5, 5.41) is 15.5. The van der Waals surface area contributed by atoms with E-state index in [1.54, 1.807) is 0 Å². The summed E-state index contributed by atoms with van der Waals surface area (Å²) < 4.78 is 5.32. The van der Waals surface area contributed by atoms with Crippen molar-refractivity contribution in [3.8, 4) is 11.4 Å². The van der Waals surface area contributed by atoms with Gasteiger partial charge in [0.2, 0.25) is 0 Å². The molecule has 0 aliphatic carbocycles. The van der Waals surface area contributed by atoms with Crippen molar-refractivity contribution in [2.75, 3.05) is 4.90 Å². The molecular weight excluding hydrogens is 846 g/mol. The van der Waals surface area contributed by atoms with Crippen molar-refractivity contribution < 1.29 is 0 Å². The molecular formula is C66H50BN3. The molecule has 0 N–H and O–H groups in total. The van der Waals surface area contributed by atoms with Crippen molar-refractivity contribution in [3.05, 3.63) is 205 Å². The van der Waals surface area contributed by atoms with Gasteiger partial charge in [-0.05, 0) is 130 Å². The smallest absolute Gasteiger partial charge is 0.252 e. The third-order valence-corrected chi connectivity index (χ3v) is 16.1. The summed E-state index contributed by atoms with van der Waals surface area (Å²) in [5.74, 6) is 0. The highest BCUT2D eigenvalue weighted by molar-refractivity contribution is 7.00. The molecule has 2 aliphatic rings. The summed E-state index contributed by atoms with van der Waals surface area (Å²) in [6.07, 6.45) is 0. The first-order valence-electron chi connectivity index (χ1n) is 25.0. The van der Waals surface area contributed by atoms with E-state index in [9.17, 15) is 0 Å². The predicted octanol–water partition coefficient (Wildman–Crippen LogP) is 15.7. The molecule has 0 unspecified atom stereocenters. The number of benzene rings is 11. The minimum atomic E-state index is -0.0324. The zero-order valence-corrected chi connectivity index (χ0v) is 40.4. The molecule has 0 fully saturated rings. The summed E-state index contributed by atoms with van der Waals surface area (Å²) in [4.78, 5) is 2.51. The van der Waals surface area contributed by atoms with Crippen LogP contribution in [0.4, 0.5) is 17.1 Å². The fourth-order valence-corrected chi connectivity index (χ4v) is 12.9. The third kappa shape index (κ3) is 5.31. The fourth-order valence-electron chi connectivity index (χ4n) is 12.9. The van der Waals surface area contributed by atoms with E-state index in [0.29, 0.717) is 0 Å². The van der Waals surface area contributed by atoms with Crippen molar-refractivity contribution in [1.29, 1.82) is 0 Å². The molecule has 0 saturated heterocycles. The lowest BCUT2D eigenvalue weighted by Gasteiger charge is -2.36. The van der Waals surface area contributed by atoms with Gasteiger partial charge in [0.15, 0.2) is 0 Å². The molecule has 0 saturated carbocycles. The zero-order chi connectivity index (χ0) is 46.9. The SMILES string of the molecule is CC(C)(C)c1ccc(N(c2ccc(C(C)(C)C)cc2)c2cc3c4c(c2)-n2c5ccc6ccccc6c5c5c6ccccc6cc(c52)B4c2cc4ccccc4c4c5c6ccccc6ccc5n-3c24)cc1. The van der Waals surface area contributed by atoms with Crippen LogP contribution in [0.5, 0.6) is 0 Å². The van der Waals surface area contributed by atoms with Gasteiger partial charge in [0.1, 0.15) is 0 Å². The fraction of sp³-hybridized carbons (Fsp3) is 0.121. The van der Waals surface area contributed by atoms with Crippen molar-refractivity contribution >= 4 is 127 Å². The van der Waals surface area contributed by atoms with Gasteiger partial charge in [-0.1, -0.05) is 187 Å². The van der Waals surface area contributed by atoms with Crippen LogP contribution in [-0.4, -0.2) is 15.8 Å². The Morgan fingerprint density at radius 1 is 0.357 bits per heavy atom. The minimum Gasteiger partial charge on any atom is -0.310 e. The quantitative estimate of drug-likeness (QED) is 0.161. The van der Waals surface area contributed by atoms with E-state index < -0.39 is 0 Å². The Balaban J connectivity index is 1.16. The van der Waals surface area contributed by atoms with E-state index in [1.807, 2.05) is 0 Å². The first-order chi connectivity index (χ1) is 34.0. The first kappa shape index (κ1) is 39.9. The van der Waals surface area contributed by atoms with Crippen LogP contribution >= 0.6 is 0 Å². The van der Waals surface area contributed by atoms with Crippen LogP contribution in [0.1, 0.15) is 52.7 Å². The molecule has 0 spiro atoms. The van der Waals surface area contributed by atoms with Crippen molar-refractivity contribution in [2.45, 2.75) is 52.4 Å². The minimum absolute atomic E-state index is 0.0217. The molecule has 15 rings (SSSR count). The normalized spacial score (nSPS) is 13.3. The molecule has 2 aromatic heterocycles. The summed E-state index contributed by atoms with van der Waals surface area (Å²) in [6, 6.07) is 74.4. The highest BCUT2D eigenvalue weighted by Gasteiger charge is 2.43. The van der Waals surface area contributed by atoms with Gasteiger partial charge in [0, 0.05) is 44.3 Å². The van der Waals surface area contributed by atoms with Crippen LogP contribution < -0.4 is 21.3 Å². The molecule has 0 amide bonds. The van der Waals surface area contributed by atoms with E-state index in [1.165, 1.54) is 126 Å². The standard InChI is InChI=1S/C66H50BN3/c1-65(2,3)43-25-29-45(30-26-43)68(46-31-27-44(28-32-46)66(4,5)6)47-37-56-62-57(38-47)70-55-34-24-40-16-8-12-20-49(40)59(55)61-51-22-14-10-18-42(51)36-53(64(61)70)67(62)52-35-41-17-9-13-21-50(41)60-58-48-19-11-7-15-39(48)23-33-54(58)69(56)63(52)60/h7-38H,1-6H3. The van der Waals surface area contributed by atoms with Crippen LogP contribution in [0, 0.1) is 0 Å². The number of fused-ring (bicyclic) bond motifs is 18. The van der Waals surface area contributed by atoms with Crippen LogP contribution in [-0.2, 0) is 10.8 Å². The van der Waals surface area contributed by atoms with Crippen LogP contribution in [0.15, 0.2) is 194 Å². The predicted molar refractivity (Wildman–Crippen MR) is 302 cm³/mol. The average Bonchev–Trinajstić information content (AvgIpc) is 3.92. The molecule has 332 valence electrons. The lowest BCUT2D eigenvalue weighted by atomic mass is 9.34. The van der Waals surface area contributed by atoms with E-state index in [0.717, 1.165) is 17.1 Å². The number of rotatable bonds is 3. The van der Waals surface area contributed by atoms with Gasteiger partial charge in [-0.25, -0.2) is 0 Å². The number of aromatic nitrogens is 2. The molecule has 4 heteroatoms. The molecule has 0 radical (unpaired) electrons. The van der Waals surface area contributed by atoms with E-state index >= 15 is 0 Å². The summed E-state index contributed by atoms with van der Waals surface area (Å²) in [6.45, 7) is 13.8. The summed E-state index contributed by atoms with van der Waals surface area (Å²) in [5.41, 5.74) is 17.7. The van der Waals surface area contributed by atoms with E-state index in [4.69, 9.17) is 0 Å². The molecule has 0 bridgehead atoms. The first-order valence-corrected chi connectivity index (χ1v) is 25.0. The van der Waals surface area contributed by atoms with Gasteiger partial charge in [-0.2, -0.15) is 0 Å². The maximum Gasteiger partial charge on any atom is 0.252 e. The third-order valence-electron chi connectivity index (χ3n) is 16.1. The molecule has 0 atom stereocenters. The van der Waals surface area contributed by atoms with Crippen LogP contribution in [0.25, 0.3) is 98.1 Å². The Kier molecular flexibility index (Phi) is 7.86. The van der Waals surface area contributed by atoms with Gasteiger partial charge < -0.3 is 14.0 Å². The van der Waals surface area contributed by atoms with Crippen molar-refractivity contribution in [2.24, 2.45) is 0 Å². The number of hydrogen-bond donors (Lipinski definition) is 0. The molecule has 11 aromatic carbocycles. The largest absolute Gasteiger partial charge is 0.310 e. The second-order valence-electron chi connectivity index (χ2n) is 22.1. The Hall–Kier alpha value is -8.08. The Bertz CT molecular complexity index is 4140. The second-order valence-corrected chi connectivity index (χ2v) is 22.1. The van der Waals surface area contributed by atoms with E-state index in [-0.39, 0.29) is 17.5 Å². The maximum absolute atomic E-state index is 2.66. The number of hydrogen-bond acceptors (Lipinski definition) is 1. The topological polar surface area (TPSA) is 13.1 Å². The summed E-state index contributed by atoms with van der Waals surface area (Å²) >= 11 is 0. The Morgan fingerprint density at radius 2 is 0.729 bits per heavy atom. The number of anilines is 3. The van der Waals surface area contributed by atoms with E-state index in [2.05, 4.69) is 250 Å². The Morgan fingerprint density at radius 3 is 1.13 bits per heavy atom. The van der Waals surface area contributed by atoms with Gasteiger partial charge >= 0.3 is 0 Å². The second kappa shape index (κ2) is 13.8. The van der Waals surface area contributed by atoms with Gasteiger partial charge in [-0.3, -0.25) is 0 Å². The monoisotopic (exact) mass is 895 g/mol. The summed E-state index contributed by atoms with van der Waals surface area (Å²) in [7, 11) is 0. The molecule has 2 aliphatic heterocycles. The van der Waals surface area contributed by atoms with Gasteiger partial charge in [-0.15, -0.1) is 0 Å². The molecule has 3 nitrogen and oxygen atoms in total.